The van der Waals surface area contributed by atoms with Crippen molar-refractivity contribution >= 4 is 17.3 Å². The fraction of sp³-hybridized carbons (Fsp3) is 0.350. The van der Waals surface area contributed by atoms with Crippen molar-refractivity contribution in [1.29, 1.82) is 0 Å². The van der Waals surface area contributed by atoms with E-state index >= 15 is 0 Å². The summed E-state index contributed by atoms with van der Waals surface area (Å²) in [7, 11) is 6.93. The van der Waals surface area contributed by atoms with Gasteiger partial charge in [0, 0.05) is 20.1 Å². The van der Waals surface area contributed by atoms with Crippen molar-refractivity contribution < 1.29 is 14.2 Å². The van der Waals surface area contributed by atoms with Crippen LogP contribution >= 0.6 is 12.2 Å². The maximum absolute atomic E-state index is 5.47. The smallest absolute Gasteiger partial charge is 0.168 e. The Labute approximate surface area is 160 Å². The van der Waals surface area contributed by atoms with Gasteiger partial charge in [-0.1, -0.05) is 18.2 Å². The van der Waals surface area contributed by atoms with Crippen LogP contribution in [0.5, 0.6) is 17.2 Å². The van der Waals surface area contributed by atoms with Crippen molar-refractivity contribution in [2.24, 2.45) is 0 Å². The third kappa shape index (κ3) is 5.52. The Balaban J connectivity index is 1.82. The molecule has 2 aromatic carbocycles. The number of nitrogens with one attached hydrogen (secondary N) is 1. The summed E-state index contributed by atoms with van der Waals surface area (Å²) in [6.07, 6.45) is 0.862. The third-order valence-corrected chi connectivity index (χ3v) is 4.59. The number of benzene rings is 2. The van der Waals surface area contributed by atoms with Crippen LogP contribution in [0.4, 0.5) is 0 Å². The second kappa shape index (κ2) is 9.87. The monoisotopic (exact) mass is 374 g/mol. The molecule has 0 amide bonds. The van der Waals surface area contributed by atoms with Gasteiger partial charge in [-0.25, -0.2) is 0 Å². The molecule has 0 aliphatic carbocycles. The summed E-state index contributed by atoms with van der Waals surface area (Å²) >= 11 is 5.47. The summed E-state index contributed by atoms with van der Waals surface area (Å²) in [6.45, 7) is 1.49. The summed E-state index contributed by atoms with van der Waals surface area (Å²) in [5.41, 5.74) is 2.33. The van der Waals surface area contributed by atoms with E-state index in [2.05, 4.69) is 5.32 Å². The highest BCUT2D eigenvalue weighted by molar-refractivity contribution is 7.80. The lowest BCUT2D eigenvalue weighted by Crippen LogP contribution is -2.37. The first-order valence-corrected chi connectivity index (χ1v) is 8.81. The second-order valence-corrected chi connectivity index (χ2v) is 6.25. The van der Waals surface area contributed by atoms with E-state index in [1.165, 1.54) is 5.56 Å². The number of nitrogens with zero attached hydrogens (tertiary/aromatic N) is 1. The Kier molecular flexibility index (Phi) is 7.53. The van der Waals surface area contributed by atoms with Gasteiger partial charge in [0.2, 0.25) is 0 Å². The first kappa shape index (κ1) is 19.8. The highest BCUT2D eigenvalue weighted by Gasteiger charge is 2.08. The van der Waals surface area contributed by atoms with Crippen molar-refractivity contribution in [3.8, 4) is 17.2 Å². The van der Waals surface area contributed by atoms with Gasteiger partial charge in [-0.15, -0.1) is 0 Å². The Morgan fingerprint density at radius 2 is 1.58 bits per heavy atom. The molecule has 0 aliphatic heterocycles. The van der Waals surface area contributed by atoms with E-state index in [1.807, 2.05) is 54.4 Å². The number of rotatable bonds is 8. The van der Waals surface area contributed by atoms with Crippen molar-refractivity contribution in [3.05, 3.63) is 53.6 Å². The first-order valence-electron chi connectivity index (χ1n) is 8.40. The van der Waals surface area contributed by atoms with E-state index in [9.17, 15) is 0 Å². The summed E-state index contributed by atoms with van der Waals surface area (Å²) in [6, 6.07) is 13.9. The van der Waals surface area contributed by atoms with Gasteiger partial charge in [-0.2, -0.15) is 0 Å². The highest BCUT2D eigenvalue weighted by Crippen LogP contribution is 2.27. The largest absolute Gasteiger partial charge is 0.497 e. The summed E-state index contributed by atoms with van der Waals surface area (Å²) < 4.78 is 15.8. The number of ether oxygens (including phenoxy) is 3. The number of hydrogen-bond donors (Lipinski definition) is 1. The first-order chi connectivity index (χ1) is 12.6. The molecule has 0 spiro atoms. The van der Waals surface area contributed by atoms with E-state index in [-0.39, 0.29) is 0 Å². The van der Waals surface area contributed by atoms with Gasteiger partial charge in [-0.3, -0.25) is 0 Å². The highest BCUT2D eigenvalue weighted by atomic mass is 32.1. The zero-order valence-electron chi connectivity index (χ0n) is 15.7. The maximum Gasteiger partial charge on any atom is 0.168 e. The molecule has 0 radical (unpaired) electrons. The predicted octanol–water partition coefficient (Wildman–Crippen LogP) is 3.26. The number of hydrogen-bond acceptors (Lipinski definition) is 4. The molecule has 0 heterocycles. The fourth-order valence-electron chi connectivity index (χ4n) is 2.49. The summed E-state index contributed by atoms with van der Waals surface area (Å²) in [5.74, 6) is 2.33. The maximum atomic E-state index is 5.47. The molecule has 0 atom stereocenters. The van der Waals surface area contributed by atoms with Gasteiger partial charge >= 0.3 is 0 Å². The zero-order valence-corrected chi connectivity index (χ0v) is 16.6. The average Bonchev–Trinajstić information content (AvgIpc) is 2.70. The average molecular weight is 375 g/mol. The fourth-order valence-corrected chi connectivity index (χ4v) is 2.65. The lowest BCUT2D eigenvalue weighted by Gasteiger charge is -2.21. The number of methoxy groups -OCH3 is 3. The van der Waals surface area contributed by atoms with E-state index in [4.69, 9.17) is 26.4 Å². The predicted molar refractivity (Wildman–Crippen MR) is 108 cm³/mol. The van der Waals surface area contributed by atoms with Crippen molar-refractivity contribution in [1.82, 2.24) is 10.2 Å². The van der Waals surface area contributed by atoms with Gasteiger partial charge in [-0.05, 0) is 54.0 Å². The molecule has 2 aromatic rings. The van der Waals surface area contributed by atoms with Crippen LogP contribution in [-0.2, 0) is 13.0 Å². The van der Waals surface area contributed by atoms with Gasteiger partial charge < -0.3 is 24.4 Å². The van der Waals surface area contributed by atoms with Crippen LogP contribution in [0, 0.1) is 0 Å². The Morgan fingerprint density at radius 3 is 2.19 bits per heavy atom. The number of thiocarbonyl (C=S) groups is 1. The Bertz CT molecular complexity index is 719. The van der Waals surface area contributed by atoms with Gasteiger partial charge in [0.15, 0.2) is 16.6 Å². The minimum Gasteiger partial charge on any atom is -0.497 e. The second-order valence-electron chi connectivity index (χ2n) is 5.87. The van der Waals surface area contributed by atoms with Crippen LogP contribution in [0.1, 0.15) is 11.1 Å². The Morgan fingerprint density at radius 1 is 0.923 bits per heavy atom. The van der Waals surface area contributed by atoms with Crippen LogP contribution < -0.4 is 19.5 Å². The van der Waals surface area contributed by atoms with E-state index in [0.29, 0.717) is 6.54 Å². The standard InChI is InChI=1S/C20H26N2O3S/c1-22(12-11-15-7-10-18(24-3)19(13-15)25-4)20(26)21-14-16-5-8-17(23-2)9-6-16/h5-10,13H,11-12,14H2,1-4H3,(H,21,26). The molecule has 6 heteroatoms. The van der Waals surface area contributed by atoms with E-state index < -0.39 is 0 Å². The van der Waals surface area contributed by atoms with Crippen molar-refractivity contribution in [2.45, 2.75) is 13.0 Å². The van der Waals surface area contributed by atoms with Gasteiger partial charge in [0.1, 0.15) is 5.75 Å². The molecular weight excluding hydrogens is 348 g/mol. The van der Waals surface area contributed by atoms with Crippen molar-refractivity contribution in [3.63, 3.8) is 0 Å². The minimum absolute atomic E-state index is 0.684. The molecule has 0 fully saturated rings. The number of likely N-dealkylation sites (N-methyl/N-ethyl adjacent to an activating group) is 1. The molecule has 1 N–H and O–H groups in total. The molecule has 26 heavy (non-hydrogen) atoms. The normalized spacial score (nSPS) is 10.2. The Hall–Kier alpha value is -2.47. The summed E-state index contributed by atoms with van der Waals surface area (Å²) in [5, 5.41) is 4.01. The zero-order chi connectivity index (χ0) is 18.9. The molecule has 0 unspecified atom stereocenters. The molecule has 0 bridgehead atoms. The third-order valence-electron chi connectivity index (χ3n) is 4.13. The molecule has 2 rings (SSSR count). The van der Waals surface area contributed by atoms with Crippen LogP contribution in [0.2, 0.25) is 0 Å². The SMILES string of the molecule is COc1ccc(CNC(=S)N(C)CCc2ccc(OC)c(OC)c2)cc1. The lowest BCUT2D eigenvalue weighted by molar-refractivity contribution is 0.354. The van der Waals surface area contributed by atoms with Crippen LogP contribution in [0.25, 0.3) is 0 Å². The molecular formula is C20H26N2O3S. The van der Waals surface area contributed by atoms with Gasteiger partial charge in [0.25, 0.3) is 0 Å². The quantitative estimate of drug-likeness (QED) is 0.716. The molecule has 0 aliphatic rings. The molecule has 0 saturated carbocycles. The van der Waals surface area contributed by atoms with E-state index in [1.54, 1.807) is 21.3 Å². The molecule has 0 saturated heterocycles. The van der Waals surface area contributed by atoms with E-state index in [0.717, 1.165) is 40.9 Å². The minimum atomic E-state index is 0.684. The van der Waals surface area contributed by atoms with Crippen LogP contribution in [-0.4, -0.2) is 44.9 Å². The van der Waals surface area contributed by atoms with Crippen LogP contribution in [0.15, 0.2) is 42.5 Å². The lowest BCUT2D eigenvalue weighted by atomic mass is 10.1. The molecule has 0 aromatic heterocycles. The topological polar surface area (TPSA) is 43.0 Å². The van der Waals surface area contributed by atoms with Gasteiger partial charge in [0.05, 0.1) is 21.3 Å². The van der Waals surface area contributed by atoms with Crippen LogP contribution in [0.3, 0.4) is 0 Å². The molecule has 140 valence electrons. The van der Waals surface area contributed by atoms with Crippen molar-refractivity contribution in [2.75, 3.05) is 34.9 Å². The summed E-state index contributed by atoms with van der Waals surface area (Å²) in [4.78, 5) is 2.04. The molecule has 5 nitrogen and oxygen atoms in total.